The van der Waals surface area contributed by atoms with E-state index < -0.39 is 36.6 Å². The normalized spacial score (nSPS) is 15.8. The molecule has 0 aliphatic carbocycles. The second-order valence-corrected chi connectivity index (χ2v) is 6.61. The molecule has 0 aliphatic heterocycles. The minimum absolute atomic E-state index is 0.183. The minimum atomic E-state index is -2.12. The van der Waals surface area contributed by atoms with Gasteiger partial charge in [0.2, 0.25) is 0 Å². The molecule has 2 atom stereocenters. The molecular weight excluding hydrogens is 317 g/mol. The molecule has 0 saturated carbocycles. The number of furan rings is 1. The van der Waals surface area contributed by atoms with Gasteiger partial charge in [-0.2, -0.15) is 0 Å². The molecule has 6 nitrogen and oxygen atoms in total. The van der Waals surface area contributed by atoms with E-state index in [1.165, 1.54) is 18.4 Å². The van der Waals surface area contributed by atoms with Crippen LogP contribution in [0, 0.1) is 0 Å². The molecule has 0 spiro atoms. The van der Waals surface area contributed by atoms with Gasteiger partial charge in [0, 0.05) is 5.39 Å². The molecule has 2 rings (SSSR count). The van der Waals surface area contributed by atoms with E-state index >= 15 is 0 Å². The Hall–Kier alpha value is -2.12. The van der Waals surface area contributed by atoms with Gasteiger partial charge in [-0.1, -0.05) is 12.1 Å². The van der Waals surface area contributed by atoms with Gasteiger partial charge in [0.1, 0.15) is 23.5 Å². The van der Waals surface area contributed by atoms with Crippen molar-refractivity contribution in [3.05, 3.63) is 36.1 Å². The van der Waals surface area contributed by atoms with E-state index in [0.29, 0.717) is 5.58 Å². The fourth-order valence-electron chi connectivity index (χ4n) is 2.36. The molecule has 1 amide bonds. The predicted molar refractivity (Wildman–Crippen MR) is 86.3 cm³/mol. The fraction of sp³-hybridized carbons (Fsp3) is 0.471. The molecule has 0 saturated heterocycles. The minimum Gasteiger partial charge on any atom is -0.464 e. The topological polar surface area (TPSA) is 91.9 Å². The summed E-state index contributed by atoms with van der Waals surface area (Å²) in [6.07, 6.45) is 0.623. The standard InChI is InChI=1S/C17H22FNO5/c1-16(2,3)24-15(21)19-14(9-20)17(22,10-18)12-5-4-11-6-7-23-13(11)8-12/h4-8,14,20,22H,9-10H2,1-3H3,(H,19,21). The first-order valence-electron chi connectivity index (χ1n) is 7.56. The molecule has 3 N–H and O–H groups in total. The molecule has 0 aliphatic rings. The smallest absolute Gasteiger partial charge is 0.408 e. The SMILES string of the molecule is CC(C)(C)OC(=O)NC(CO)C(O)(CF)c1ccc2ccoc2c1. The summed E-state index contributed by atoms with van der Waals surface area (Å²) in [5, 5.41) is 23.4. The largest absolute Gasteiger partial charge is 0.464 e. The van der Waals surface area contributed by atoms with E-state index in [-0.39, 0.29) is 5.56 Å². The van der Waals surface area contributed by atoms with Crippen LogP contribution in [-0.2, 0) is 10.3 Å². The summed E-state index contributed by atoms with van der Waals surface area (Å²) in [5.74, 6) is 0. The summed E-state index contributed by atoms with van der Waals surface area (Å²) in [6, 6.07) is 5.11. The first-order chi connectivity index (χ1) is 11.2. The molecular formula is C17H22FNO5. The molecule has 0 fully saturated rings. The number of alkyl halides is 1. The van der Waals surface area contributed by atoms with Gasteiger partial charge in [0.15, 0.2) is 0 Å². The lowest BCUT2D eigenvalue weighted by atomic mass is 9.87. The number of benzene rings is 1. The van der Waals surface area contributed by atoms with Gasteiger partial charge in [0.25, 0.3) is 0 Å². The first kappa shape index (κ1) is 18.2. The van der Waals surface area contributed by atoms with Crippen LogP contribution in [0.25, 0.3) is 11.0 Å². The van der Waals surface area contributed by atoms with Crippen LogP contribution in [0.5, 0.6) is 0 Å². The number of aliphatic hydroxyl groups is 2. The average molecular weight is 339 g/mol. The summed E-state index contributed by atoms with van der Waals surface area (Å²) in [5.41, 5.74) is -2.23. The highest BCUT2D eigenvalue weighted by molar-refractivity contribution is 5.78. The molecule has 2 aromatic rings. The highest BCUT2D eigenvalue weighted by Crippen LogP contribution is 2.29. The van der Waals surface area contributed by atoms with Gasteiger partial charge in [0.05, 0.1) is 18.9 Å². The zero-order valence-corrected chi connectivity index (χ0v) is 13.9. The van der Waals surface area contributed by atoms with Gasteiger partial charge < -0.3 is 24.7 Å². The van der Waals surface area contributed by atoms with Crippen molar-refractivity contribution in [3.8, 4) is 0 Å². The third-order valence-corrected chi connectivity index (χ3v) is 3.61. The van der Waals surface area contributed by atoms with E-state index in [0.717, 1.165) is 5.39 Å². The van der Waals surface area contributed by atoms with E-state index in [9.17, 15) is 19.4 Å². The Kier molecular flexibility index (Phi) is 5.15. The quantitative estimate of drug-likeness (QED) is 0.778. The molecule has 1 aromatic carbocycles. The van der Waals surface area contributed by atoms with Crippen LogP contribution in [0.3, 0.4) is 0 Å². The van der Waals surface area contributed by atoms with Gasteiger partial charge in [-0.05, 0) is 38.5 Å². The van der Waals surface area contributed by atoms with Crippen molar-refractivity contribution in [2.75, 3.05) is 13.3 Å². The molecule has 132 valence electrons. The van der Waals surface area contributed by atoms with Crippen molar-refractivity contribution in [3.63, 3.8) is 0 Å². The van der Waals surface area contributed by atoms with E-state index in [2.05, 4.69) is 5.32 Å². The van der Waals surface area contributed by atoms with Crippen molar-refractivity contribution in [1.82, 2.24) is 5.32 Å². The maximum absolute atomic E-state index is 13.7. The van der Waals surface area contributed by atoms with Crippen LogP contribution in [0.2, 0.25) is 0 Å². The number of amides is 1. The van der Waals surface area contributed by atoms with Crippen LogP contribution in [0.15, 0.2) is 34.9 Å². The van der Waals surface area contributed by atoms with Crippen LogP contribution in [-0.4, -0.2) is 41.2 Å². The maximum Gasteiger partial charge on any atom is 0.408 e. The number of carbonyl (C=O) groups excluding carboxylic acids is 1. The van der Waals surface area contributed by atoms with Crippen LogP contribution in [0.1, 0.15) is 26.3 Å². The Bertz CT molecular complexity index is 708. The number of rotatable bonds is 5. The van der Waals surface area contributed by atoms with Crippen molar-refractivity contribution >= 4 is 17.1 Å². The van der Waals surface area contributed by atoms with Crippen molar-refractivity contribution in [1.29, 1.82) is 0 Å². The van der Waals surface area contributed by atoms with Crippen molar-refractivity contribution < 1.29 is 28.6 Å². The van der Waals surface area contributed by atoms with Gasteiger partial charge in [-0.3, -0.25) is 0 Å². The lowest BCUT2D eigenvalue weighted by Gasteiger charge is -2.34. The number of alkyl carbamates (subject to hydrolysis) is 1. The van der Waals surface area contributed by atoms with E-state index in [1.54, 1.807) is 32.9 Å². The number of hydrogen-bond donors (Lipinski definition) is 3. The zero-order valence-electron chi connectivity index (χ0n) is 13.9. The summed E-state index contributed by atoms with van der Waals surface area (Å²) < 4.78 is 24.0. The van der Waals surface area contributed by atoms with Crippen LogP contribution < -0.4 is 5.32 Å². The molecule has 0 bridgehead atoms. The molecule has 24 heavy (non-hydrogen) atoms. The predicted octanol–water partition coefficient (Wildman–Crippen LogP) is 2.48. The fourth-order valence-corrected chi connectivity index (χ4v) is 2.36. The van der Waals surface area contributed by atoms with E-state index in [1.807, 2.05) is 0 Å². The van der Waals surface area contributed by atoms with Crippen molar-refractivity contribution in [2.24, 2.45) is 0 Å². The first-order valence-corrected chi connectivity index (χ1v) is 7.56. The Labute approximate surface area is 139 Å². The average Bonchev–Trinajstić information content (AvgIpc) is 2.97. The lowest BCUT2D eigenvalue weighted by molar-refractivity contribution is -0.0441. The van der Waals surface area contributed by atoms with Crippen LogP contribution in [0.4, 0.5) is 9.18 Å². The summed E-state index contributed by atoms with van der Waals surface area (Å²) in [7, 11) is 0. The van der Waals surface area contributed by atoms with Gasteiger partial charge in [-0.15, -0.1) is 0 Å². The second-order valence-electron chi connectivity index (χ2n) is 6.61. The lowest BCUT2D eigenvalue weighted by Crippen LogP contribution is -2.55. The monoisotopic (exact) mass is 339 g/mol. The number of hydrogen-bond acceptors (Lipinski definition) is 5. The van der Waals surface area contributed by atoms with Gasteiger partial charge >= 0.3 is 6.09 Å². The number of fused-ring (bicyclic) bond motifs is 1. The van der Waals surface area contributed by atoms with E-state index in [4.69, 9.17) is 9.15 Å². The molecule has 1 aromatic heterocycles. The maximum atomic E-state index is 13.7. The highest BCUT2D eigenvalue weighted by atomic mass is 19.1. The Morgan fingerprint density at radius 1 is 1.38 bits per heavy atom. The van der Waals surface area contributed by atoms with Crippen molar-refractivity contribution in [2.45, 2.75) is 38.0 Å². The zero-order chi connectivity index (χ0) is 18.0. The molecule has 1 heterocycles. The summed E-state index contributed by atoms with van der Waals surface area (Å²) in [6.45, 7) is 3.14. The third kappa shape index (κ3) is 3.85. The number of ether oxygens (including phenoxy) is 1. The molecule has 2 unspecified atom stereocenters. The Morgan fingerprint density at radius 3 is 2.67 bits per heavy atom. The molecule has 7 heteroatoms. The summed E-state index contributed by atoms with van der Waals surface area (Å²) >= 11 is 0. The third-order valence-electron chi connectivity index (χ3n) is 3.61. The van der Waals surface area contributed by atoms with Gasteiger partial charge in [-0.25, -0.2) is 9.18 Å². The number of carbonyl (C=O) groups is 1. The number of aliphatic hydroxyl groups excluding tert-OH is 1. The number of halogens is 1. The van der Waals surface area contributed by atoms with Crippen LogP contribution >= 0.6 is 0 Å². The Balaban J connectivity index is 2.29. The highest BCUT2D eigenvalue weighted by Gasteiger charge is 2.40. The Morgan fingerprint density at radius 2 is 2.08 bits per heavy atom. The second kappa shape index (κ2) is 6.78. The summed E-state index contributed by atoms with van der Waals surface area (Å²) in [4.78, 5) is 11.9. The molecule has 0 radical (unpaired) electrons. The number of nitrogens with one attached hydrogen (secondary N) is 1.